The molecular weight excluding hydrogens is 442 g/mol. The summed E-state index contributed by atoms with van der Waals surface area (Å²) in [7, 11) is 0. The smallest absolute Gasteiger partial charge is 0.0946 e. The number of aromatic nitrogens is 2. The molecule has 2 aromatic carbocycles. The predicted octanol–water partition coefficient (Wildman–Crippen LogP) is 6.65. The Balaban J connectivity index is 1.69. The van der Waals surface area contributed by atoms with Crippen molar-refractivity contribution in [3.63, 3.8) is 0 Å². The Morgan fingerprint density at radius 1 is 1.03 bits per heavy atom. The van der Waals surface area contributed by atoms with E-state index in [1.807, 2.05) is 24.3 Å². The number of nitrogens with two attached hydrogens (primary N) is 1. The largest absolute Gasteiger partial charge is 0.385 e. The molecule has 3 N–H and O–H groups in total. The van der Waals surface area contributed by atoms with Crippen LogP contribution < -0.4 is 5.73 Å². The maximum atomic E-state index is 10.3. The van der Waals surface area contributed by atoms with Crippen molar-refractivity contribution in [2.24, 2.45) is 5.73 Å². The SMILES string of the molecule is CC(C)(O)C(Cl)=Cc1nccc2nc(-c3ccc(C4(N)CCC4)cc3)c(-c3ccccc3)cc12. The fourth-order valence-corrected chi connectivity index (χ4v) is 4.50. The summed E-state index contributed by atoms with van der Waals surface area (Å²) in [5.41, 5.74) is 11.9. The van der Waals surface area contributed by atoms with Crippen LogP contribution in [0.5, 0.6) is 0 Å². The number of halogens is 1. The lowest BCUT2D eigenvalue weighted by atomic mass is 9.72. The Kier molecular flexibility index (Phi) is 5.76. The normalized spacial score (nSPS) is 15.9. The summed E-state index contributed by atoms with van der Waals surface area (Å²) in [4.78, 5) is 9.60. The molecule has 0 unspecified atom stereocenters. The summed E-state index contributed by atoms with van der Waals surface area (Å²) < 4.78 is 0. The van der Waals surface area contributed by atoms with Gasteiger partial charge < -0.3 is 10.8 Å². The lowest BCUT2D eigenvalue weighted by Crippen LogP contribution is -2.43. The van der Waals surface area contributed by atoms with E-state index in [2.05, 4.69) is 47.4 Å². The zero-order chi connectivity index (χ0) is 23.9. The summed E-state index contributed by atoms with van der Waals surface area (Å²) >= 11 is 6.38. The highest BCUT2D eigenvalue weighted by Gasteiger charge is 2.34. The van der Waals surface area contributed by atoms with Crippen molar-refractivity contribution < 1.29 is 5.11 Å². The second kappa shape index (κ2) is 8.62. The van der Waals surface area contributed by atoms with Crippen molar-refractivity contribution in [2.75, 3.05) is 0 Å². The molecule has 34 heavy (non-hydrogen) atoms. The Labute approximate surface area is 205 Å². The molecule has 0 spiro atoms. The van der Waals surface area contributed by atoms with Crippen LogP contribution in [-0.4, -0.2) is 20.7 Å². The number of hydrogen-bond donors (Lipinski definition) is 2. The highest BCUT2D eigenvalue weighted by Crippen LogP contribution is 2.40. The Morgan fingerprint density at radius 2 is 1.74 bits per heavy atom. The molecule has 4 nitrogen and oxygen atoms in total. The molecule has 0 bridgehead atoms. The molecule has 1 fully saturated rings. The van der Waals surface area contributed by atoms with Gasteiger partial charge in [0.2, 0.25) is 0 Å². The van der Waals surface area contributed by atoms with Crippen LogP contribution in [0.25, 0.3) is 39.4 Å². The van der Waals surface area contributed by atoms with Crippen LogP contribution in [0.2, 0.25) is 0 Å². The van der Waals surface area contributed by atoms with Gasteiger partial charge in [0.05, 0.1) is 27.5 Å². The van der Waals surface area contributed by atoms with Gasteiger partial charge in [-0.3, -0.25) is 4.98 Å². The van der Waals surface area contributed by atoms with Gasteiger partial charge in [0.15, 0.2) is 0 Å². The molecule has 2 aromatic heterocycles. The van der Waals surface area contributed by atoms with E-state index >= 15 is 0 Å². The monoisotopic (exact) mass is 469 g/mol. The van der Waals surface area contributed by atoms with Crippen LogP contribution in [0.3, 0.4) is 0 Å². The fourth-order valence-electron chi connectivity index (χ4n) is 4.39. The van der Waals surface area contributed by atoms with Crippen molar-refractivity contribution in [2.45, 2.75) is 44.2 Å². The zero-order valence-electron chi connectivity index (χ0n) is 19.4. The van der Waals surface area contributed by atoms with Crippen molar-refractivity contribution >= 4 is 28.6 Å². The number of benzene rings is 2. The third-order valence-corrected chi connectivity index (χ3v) is 7.26. The number of fused-ring (bicyclic) bond motifs is 1. The molecule has 1 aliphatic rings. The molecule has 172 valence electrons. The van der Waals surface area contributed by atoms with E-state index in [0.29, 0.717) is 10.7 Å². The summed E-state index contributed by atoms with van der Waals surface area (Å²) in [5, 5.41) is 11.5. The first-order chi connectivity index (χ1) is 16.2. The van der Waals surface area contributed by atoms with E-state index in [4.69, 9.17) is 22.3 Å². The first-order valence-corrected chi connectivity index (χ1v) is 12.0. The number of rotatable bonds is 5. The summed E-state index contributed by atoms with van der Waals surface area (Å²) in [6, 6.07) is 22.8. The van der Waals surface area contributed by atoms with Gasteiger partial charge in [-0.1, -0.05) is 66.2 Å². The molecule has 0 amide bonds. The van der Waals surface area contributed by atoms with Gasteiger partial charge in [-0.15, -0.1) is 0 Å². The van der Waals surface area contributed by atoms with Gasteiger partial charge in [-0.25, -0.2) is 4.98 Å². The third-order valence-electron chi connectivity index (χ3n) is 6.69. The summed E-state index contributed by atoms with van der Waals surface area (Å²) in [5.74, 6) is 0. The van der Waals surface area contributed by atoms with Crippen LogP contribution in [0.15, 0.2) is 78.0 Å². The number of pyridine rings is 2. The van der Waals surface area contributed by atoms with Crippen LogP contribution in [0, 0.1) is 0 Å². The number of aliphatic hydroxyl groups is 1. The Hall–Kier alpha value is -3.05. The Bertz CT molecular complexity index is 1370. The molecule has 1 saturated carbocycles. The zero-order valence-corrected chi connectivity index (χ0v) is 20.2. The van der Waals surface area contributed by atoms with E-state index in [1.165, 1.54) is 12.0 Å². The molecule has 5 rings (SSSR count). The Morgan fingerprint density at radius 3 is 2.35 bits per heavy atom. The quantitative estimate of drug-likeness (QED) is 0.343. The van der Waals surface area contributed by atoms with Crippen LogP contribution in [0.1, 0.15) is 44.4 Å². The highest BCUT2D eigenvalue weighted by atomic mass is 35.5. The van der Waals surface area contributed by atoms with Crippen molar-refractivity contribution in [3.05, 3.63) is 89.2 Å². The van der Waals surface area contributed by atoms with Crippen molar-refractivity contribution in [1.29, 1.82) is 0 Å². The molecule has 0 atom stereocenters. The molecule has 2 heterocycles. The lowest BCUT2D eigenvalue weighted by Gasteiger charge is -2.38. The summed E-state index contributed by atoms with van der Waals surface area (Å²) in [6.07, 6.45) is 6.69. The topological polar surface area (TPSA) is 72.0 Å². The third kappa shape index (κ3) is 4.25. The predicted molar refractivity (Wildman–Crippen MR) is 140 cm³/mol. The first kappa shape index (κ1) is 22.7. The van der Waals surface area contributed by atoms with Crippen LogP contribution in [0.4, 0.5) is 0 Å². The second-order valence-electron chi connectivity index (χ2n) is 9.65. The maximum Gasteiger partial charge on any atom is 0.0946 e. The van der Waals surface area contributed by atoms with Gasteiger partial charge in [0, 0.05) is 28.2 Å². The van der Waals surface area contributed by atoms with E-state index in [0.717, 1.165) is 46.1 Å². The van der Waals surface area contributed by atoms with E-state index < -0.39 is 5.60 Å². The average Bonchev–Trinajstić information content (AvgIpc) is 2.82. The molecular formula is C29H28ClN3O. The highest BCUT2D eigenvalue weighted by molar-refractivity contribution is 6.32. The molecule has 0 saturated heterocycles. The lowest BCUT2D eigenvalue weighted by molar-refractivity contribution is 0.129. The minimum atomic E-state index is -1.15. The molecule has 5 heteroatoms. The van der Waals surface area contributed by atoms with Gasteiger partial charge in [-0.05, 0) is 62.4 Å². The molecule has 1 aliphatic carbocycles. The first-order valence-electron chi connectivity index (χ1n) is 11.6. The van der Waals surface area contributed by atoms with Gasteiger partial charge >= 0.3 is 0 Å². The van der Waals surface area contributed by atoms with Gasteiger partial charge in [0.25, 0.3) is 0 Å². The van der Waals surface area contributed by atoms with E-state index in [1.54, 1.807) is 26.1 Å². The average molecular weight is 470 g/mol. The number of nitrogens with zero attached hydrogens (tertiary/aromatic N) is 2. The molecule has 0 radical (unpaired) electrons. The fraction of sp³-hybridized carbons (Fsp3) is 0.241. The minimum Gasteiger partial charge on any atom is -0.385 e. The van der Waals surface area contributed by atoms with Crippen molar-refractivity contribution in [3.8, 4) is 22.4 Å². The van der Waals surface area contributed by atoms with Crippen LogP contribution >= 0.6 is 11.6 Å². The standard InChI is InChI=1S/C29H28ClN3O/c1-28(2,34)26(30)18-25-23-17-22(19-7-4-3-5-8-19)27(33-24(23)13-16-32-25)20-9-11-21(12-10-20)29(31)14-6-15-29/h3-5,7-13,16-18,34H,6,14-15,31H2,1-2H3. The van der Waals surface area contributed by atoms with E-state index in [9.17, 15) is 5.11 Å². The van der Waals surface area contributed by atoms with Crippen LogP contribution in [-0.2, 0) is 5.54 Å². The van der Waals surface area contributed by atoms with Gasteiger partial charge in [-0.2, -0.15) is 0 Å². The number of hydrogen-bond acceptors (Lipinski definition) is 4. The second-order valence-corrected chi connectivity index (χ2v) is 10.1. The molecule has 4 aromatic rings. The maximum absolute atomic E-state index is 10.3. The van der Waals surface area contributed by atoms with Gasteiger partial charge in [0.1, 0.15) is 0 Å². The summed E-state index contributed by atoms with van der Waals surface area (Å²) in [6.45, 7) is 3.31. The molecule has 0 aliphatic heterocycles. The minimum absolute atomic E-state index is 0.190. The van der Waals surface area contributed by atoms with Crippen molar-refractivity contribution in [1.82, 2.24) is 9.97 Å². The van der Waals surface area contributed by atoms with E-state index in [-0.39, 0.29) is 5.54 Å².